The number of rotatable bonds is 11. The van der Waals surface area contributed by atoms with Crippen molar-refractivity contribution in [2.45, 2.75) is 36.6 Å². The molecule has 3 N–H and O–H groups in total. The van der Waals surface area contributed by atoms with Crippen LogP contribution in [-0.2, 0) is 10.2 Å². The maximum absolute atomic E-state index is 13.2. The molecular formula is C27H33N5O2S2. The van der Waals surface area contributed by atoms with Gasteiger partial charge in [0.25, 0.3) is 5.91 Å². The molecule has 0 bridgehead atoms. The highest BCUT2D eigenvalue weighted by Crippen LogP contribution is 2.34. The maximum Gasteiger partial charge on any atom is 0.258 e. The van der Waals surface area contributed by atoms with Gasteiger partial charge in [0.15, 0.2) is 0 Å². The Morgan fingerprint density at radius 3 is 2.39 bits per heavy atom. The van der Waals surface area contributed by atoms with E-state index in [1.54, 1.807) is 42.5 Å². The van der Waals surface area contributed by atoms with Crippen LogP contribution in [0.4, 0.5) is 5.69 Å². The van der Waals surface area contributed by atoms with Crippen molar-refractivity contribution in [3.8, 4) is 0 Å². The molecule has 0 aliphatic rings. The van der Waals surface area contributed by atoms with Crippen molar-refractivity contribution in [1.82, 2.24) is 20.6 Å². The molecule has 3 rings (SSSR count). The van der Waals surface area contributed by atoms with Crippen LogP contribution in [0.2, 0.25) is 0 Å². The summed E-state index contributed by atoms with van der Waals surface area (Å²) >= 11 is 3.04. The second-order valence-electron chi connectivity index (χ2n) is 9.15. The van der Waals surface area contributed by atoms with E-state index in [4.69, 9.17) is 0 Å². The minimum atomic E-state index is -0.435. The van der Waals surface area contributed by atoms with E-state index in [-0.39, 0.29) is 23.8 Å². The van der Waals surface area contributed by atoms with Gasteiger partial charge in [0.1, 0.15) is 10.4 Å². The van der Waals surface area contributed by atoms with Gasteiger partial charge >= 0.3 is 0 Å². The van der Waals surface area contributed by atoms with Gasteiger partial charge in [-0.05, 0) is 59.2 Å². The number of hydrogen-bond donors (Lipinski definition) is 3. The predicted molar refractivity (Wildman–Crippen MR) is 150 cm³/mol. The SMILES string of the molecule is CSCCNCC(=O)NC(Sc1ncccc1C(=O)Nc1ccc(C(C)(C)C)cc1)c1ccncc1. The standard InChI is InChI=1S/C27H33N5O2S2/c1-27(2,3)20-7-9-21(10-8-20)31-24(34)22-6-5-13-30-26(22)36-25(19-11-14-28-15-12-19)32-23(33)18-29-16-17-35-4/h5-15,25,29H,16-18H2,1-4H3,(H,31,34)(H,32,33). The Labute approximate surface area is 221 Å². The van der Waals surface area contributed by atoms with E-state index in [0.29, 0.717) is 16.3 Å². The molecule has 36 heavy (non-hydrogen) atoms. The van der Waals surface area contributed by atoms with E-state index in [1.165, 1.54) is 17.3 Å². The lowest BCUT2D eigenvalue weighted by molar-refractivity contribution is -0.120. The molecule has 0 saturated heterocycles. The number of amides is 2. The molecule has 2 aromatic heterocycles. The van der Waals surface area contributed by atoms with Crippen LogP contribution in [0.25, 0.3) is 0 Å². The van der Waals surface area contributed by atoms with Gasteiger partial charge in [-0.1, -0.05) is 44.7 Å². The van der Waals surface area contributed by atoms with Crippen LogP contribution in [0, 0.1) is 0 Å². The predicted octanol–water partition coefficient (Wildman–Crippen LogP) is 4.89. The summed E-state index contributed by atoms with van der Waals surface area (Å²) in [5.41, 5.74) is 3.24. The third-order valence-electron chi connectivity index (χ3n) is 5.32. The van der Waals surface area contributed by atoms with Crippen molar-refractivity contribution >= 4 is 41.0 Å². The third kappa shape index (κ3) is 8.36. The topological polar surface area (TPSA) is 96.0 Å². The van der Waals surface area contributed by atoms with E-state index in [1.807, 2.05) is 42.7 Å². The highest BCUT2D eigenvalue weighted by atomic mass is 32.2. The molecule has 1 aromatic carbocycles. The first kappa shape index (κ1) is 27.7. The van der Waals surface area contributed by atoms with Gasteiger partial charge in [-0.25, -0.2) is 4.98 Å². The minimum absolute atomic E-state index is 0.0343. The van der Waals surface area contributed by atoms with Crippen LogP contribution in [0.3, 0.4) is 0 Å². The molecule has 1 unspecified atom stereocenters. The summed E-state index contributed by atoms with van der Waals surface area (Å²) in [5.74, 6) is 0.542. The van der Waals surface area contributed by atoms with Gasteiger partial charge in [-0.15, -0.1) is 0 Å². The van der Waals surface area contributed by atoms with Gasteiger partial charge in [0, 0.05) is 36.6 Å². The number of anilines is 1. The van der Waals surface area contributed by atoms with Crippen LogP contribution in [0.5, 0.6) is 0 Å². The van der Waals surface area contributed by atoms with E-state index in [0.717, 1.165) is 17.9 Å². The molecule has 0 aliphatic heterocycles. The summed E-state index contributed by atoms with van der Waals surface area (Å²) in [7, 11) is 0. The third-order valence-corrected chi connectivity index (χ3v) is 7.11. The lowest BCUT2D eigenvalue weighted by Crippen LogP contribution is -2.36. The van der Waals surface area contributed by atoms with E-state index >= 15 is 0 Å². The van der Waals surface area contributed by atoms with E-state index < -0.39 is 5.37 Å². The fourth-order valence-corrected chi connectivity index (χ4v) is 4.78. The molecule has 7 nitrogen and oxygen atoms in total. The Kier molecular flexibility index (Phi) is 10.3. The number of hydrogen-bond acceptors (Lipinski definition) is 7. The highest BCUT2D eigenvalue weighted by molar-refractivity contribution is 7.99. The zero-order chi connectivity index (χ0) is 26.0. The van der Waals surface area contributed by atoms with Crippen molar-refractivity contribution in [3.05, 3.63) is 83.8 Å². The normalized spacial score (nSPS) is 12.1. The smallest absolute Gasteiger partial charge is 0.258 e. The largest absolute Gasteiger partial charge is 0.339 e. The van der Waals surface area contributed by atoms with Crippen LogP contribution in [-0.4, -0.2) is 46.9 Å². The molecule has 0 saturated carbocycles. The lowest BCUT2D eigenvalue weighted by atomic mass is 9.87. The summed E-state index contributed by atoms with van der Waals surface area (Å²) in [4.78, 5) is 34.4. The number of benzene rings is 1. The van der Waals surface area contributed by atoms with Crippen molar-refractivity contribution < 1.29 is 9.59 Å². The molecule has 3 aromatic rings. The highest BCUT2D eigenvalue weighted by Gasteiger charge is 2.21. The number of carbonyl (C=O) groups excluding carboxylic acids is 2. The summed E-state index contributed by atoms with van der Waals surface area (Å²) in [6.07, 6.45) is 7.03. The number of aromatic nitrogens is 2. The van der Waals surface area contributed by atoms with Crippen molar-refractivity contribution in [1.29, 1.82) is 0 Å². The van der Waals surface area contributed by atoms with Gasteiger partial charge in [-0.2, -0.15) is 11.8 Å². The Morgan fingerprint density at radius 1 is 1.00 bits per heavy atom. The Hall–Kier alpha value is -2.88. The number of nitrogens with zero attached hydrogens (tertiary/aromatic N) is 2. The van der Waals surface area contributed by atoms with Crippen molar-refractivity contribution in [2.75, 3.05) is 30.4 Å². The Bertz CT molecular complexity index is 1130. The molecule has 0 fully saturated rings. The van der Waals surface area contributed by atoms with Crippen LogP contribution < -0.4 is 16.0 Å². The maximum atomic E-state index is 13.2. The van der Waals surface area contributed by atoms with Gasteiger partial charge in [0.2, 0.25) is 5.91 Å². The lowest BCUT2D eigenvalue weighted by Gasteiger charge is -2.20. The molecule has 190 valence electrons. The summed E-state index contributed by atoms with van der Waals surface area (Å²) in [5, 5.41) is 9.25. The molecule has 0 spiro atoms. The molecule has 9 heteroatoms. The Balaban J connectivity index is 1.76. The first-order chi connectivity index (χ1) is 17.3. The fraction of sp³-hybridized carbons (Fsp3) is 0.333. The minimum Gasteiger partial charge on any atom is -0.339 e. The molecule has 2 heterocycles. The molecule has 0 radical (unpaired) electrons. The van der Waals surface area contributed by atoms with Crippen LogP contribution in [0.1, 0.15) is 47.6 Å². The van der Waals surface area contributed by atoms with Gasteiger partial charge in [-0.3, -0.25) is 14.6 Å². The molecule has 0 aliphatic carbocycles. The molecular weight excluding hydrogens is 490 g/mol. The second-order valence-corrected chi connectivity index (χ2v) is 11.2. The first-order valence-electron chi connectivity index (χ1n) is 11.7. The van der Waals surface area contributed by atoms with Gasteiger partial charge in [0.05, 0.1) is 12.1 Å². The second kappa shape index (κ2) is 13.4. The first-order valence-corrected chi connectivity index (χ1v) is 14.0. The van der Waals surface area contributed by atoms with Crippen molar-refractivity contribution in [3.63, 3.8) is 0 Å². The number of thioether (sulfide) groups is 2. The quantitative estimate of drug-likeness (QED) is 0.187. The monoisotopic (exact) mass is 523 g/mol. The van der Waals surface area contributed by atoms with Crippen molar-refractivity contribution in [2.24, 2.45) is 0 Å². The number of pyridine rings is 2. The summed E-state index contributed by atoms with van der Waals surface area (Å²) in [6.45, 7) is 7.42. The van der Waals surface area contributed by atoms with Gasteiger partial charge < -0.3 is 16.0 Å². The van der Waals surface area contributed by atoms with Crippen LogP contribution >= 0.6 is 23.5 Å². The number of nitrogens with one attached hydrogen (secondary N) is 3. The summed E-state index contributed by atoms with van der Waals surface area (Å²) < 4.78 is 0. The molecule has 1 atom stereocenters. The van der Waals surface area contributed by atoms with Crippen LogP contribution in [0.15, 0.2) is 72.1 Å². The zero-order valence-electron chi connectivity index (χ0n) is 21.1. The zero-order valence-corrected chi connectivity index (χ0v) is 22.7. The summed E-state index contributed by atoms with van der Waals surface area (Å²) in [6, 6.07) is 15.0. The average Bonchev–Trinajstić information content (AvgIpc) is 2.87. The van der Waals surface area contributed by atoms with E-state index in [9.17, 15) is 9.59 Å². The van der Waals surface area contributed by atoms with E-state index in [2.05, 4.69) is 46.7 Å². The average molecular weight is 524 g/mol. The molecule has 2 amide bonds. The number of carbonyl (C=O) groups is 2. The fourth-order valence-electron chi connectivity index (χ4n) is 3.31. The Morgan fingerprint density at radius 2 is 1.72 bits per heavy atom.